The first-order chi connectivity index (χ1) is 8.57. The van der Waals surface area contributed by atoms with Crippen LogP contribution in [0, 0.1) is 5.41 Å². The molecule has 1 aromatic rings. The zero-order valence-electron chi connectivity index (χ0n) is 11.2. The van der Waals surface area contributed by atoms with E-state index < -0.39 is 11.7 Å². The number of rotatable bonds is 4. The predicted molar refractivity (Wildman–Crippen MR) is 75.2 cm³/mol. The van der Waals surface area contributed by atoms with Gasteiger partial charge in [0.1, 0.15) is 0 Å². The molecule has 0 radical (unpaired) electrons. The fraction of sp³-hybridized carbons (Fsp3) is 0.538. The summed E-state index contributed by atoms with van der Waals surface area (Å²) in [4.78, 5) is 1.90. The van der Waals surface area contributed by atoms with Crippen molar-refractivity contribution in [2.75, 3.05) is 25.0 Å². The number of nitrogens with zero attached hydrogens (tertiary/aromatic N) is 1. The maximum atomic E-state index is 12.6. The summed E-state index contributed by atoms with van der Waals surface area (Å²) < 4.78 is 38.2. The van der Waals surface area contributed by atoms with Gasteiger partial charge in [0.25, 0.3) is 0 Å². The van der Waals surface area contributed by atoms with Crippen molar-refractivity contribution < 1.29 is 13.2 Å². The Bertz CT molecular complexity index is 444. The van der Waals surface area contributed by atoms with E-state index in [1.807, 2.05) is 25.8 Å². The molecule has 108 valence electrons. The van der Waals surface area contributed by atoms with Crippen molar-refractivity contribution in [1.29, 1.82) is 0 Å². The summed E-state index contributed by atoms with van der Waals surface area (Å²) in [6, 6.07) is 3.66. The SMILES string of the molecule is CN(CC(C)(C)CN)c1ccc(C(F)(F)F)cc1Br. The van der Waals surface area contributed by atoms with Crippen molar-refractivity contribution in [3.63, 3.8) is 0 Å². The Morgan fingerprint density at radius 3 is 2.26 bits per heavy atom. The van der Waals surface area contributed by atoms with Crippen LogP contribution < -0.4 is 10.6 Å². The number of hydrogen-bond donors (Lipinski definition) is 1. The van der Waals surface area contributed by atoms with Crippen molar-refractivity contribution in [1.82, 2.24) is 0 Å². The molecule has 0 aromatic heterocycles. The Kier molecular flexibility index (Phi) is 4.90. The molecule has 1 aromatic carbocycles. The zero-order chi connectivity index (χ0) is 14.8. The van der Waals surface area contributed by atoms with Crippen LogP contribution in [-0.4, -0.2) is 20.1 Å². The second-order valence-electron chi connectivity index (χ2n) is 5.39. The highest BCUT2D eigenvalue weighted by Gasteiger charge is 2.31. The highest BCUT2D eigenvalue weighted by atomic mass is 79.9. The first-order valence-electron chi connectivity index (χ1n) is 5.85. The average molecular weight is 339 g/mol. The van der Waals surface area contributed by atoms with Gasteiger partial charge in [-0.25, -0.2) is 0 Å². The molecule has 0 aliphatic rings. The second-order valence-corrected chi connectivity index (χ2v) is 6.24. The molecule has 0 amide bonds. The average Bonchev–Trinajstić information content (AvgIpc) is 2.26. The van der Waals surface area contributed by atoms with Crippen molar-refractivity contribution in [3.05, 3.63) is 28.2 Å². The van der Waals surface area contributed by atoms with Crippen LogP contribution in [0.4, 0.5) is 18.9 Å². The van der Waals surface area contributed by atoms with Gasteiger partial charge in [0.2, 0.25) is 0 Å². The van der Waals surface area contributed by atoms with E-state index in [1.54, 1.807) is 0 Å². The van der Waals surface area contributed by atoms with Gasteiger partial charge in [-0.3, -0.25) is 0 Å². The van der Waals surface area contributed by atoms with Crippen LogP contribution in [-0.2, 0) is 6.18 Å². The molecule has 0 saturated heterocycles. The minimum atomic E-state index is -4.32. The number of anilines is 1. The summed E-state index contributed by atoms with van der Waals surface area (Å²) in [5.41, 5.74) is 5.62. The van der Waals surface area contributed by atoms with Gasteiger partial charge in [-0.15, -0.1) is 0 Å². The van der Waals surface area contributed by atoms with E-state index in [4.69, 9.17) is 5.73 Å². The van der Waals surface area contributed by atoms with E-state index in [9.17, 15) is 13.2 Å². The molecule has 6 heteroatoms. The summed E-state index contributed by atoms with van der Waals surface area (Å²) >= 11 is 3.20. The molecular formula is C13H18BrF3N2. The van der Waals surface area contributed by atoms with E-state index in [0.717, 1.165) is 17.8 Å². The Morgan fingerprint density at radius 2 is 1.84 bits per heavy atom. The third-order valence-corrected chi connectivity index (χ3v) is 3.54. The third-order valence-electron chi connectivity index (χ3n) is 2.90. The molecule has 0 unspecified atom stereocenters. The lowest BCUT2D eigenvalue weighted by Gasteiger charge is -2.31. The number of halogens is 4. The van der Waals surface area contributed by atoms with E-state index in [-0.39, 0.29) is 5.41 Å². The normalized spacial score (nSPS) is 12.6. The lowest BCUT2D eigenvalue weighted by molar-refractivity contribution is -0.137. The van der Waals surface area contributed by atoms with Crippen LogP contribution in [0.5, 0.6) is 0 Å². The van der Waals surface area contributed by atoms with Crippen LogP contribution in [0.25, 0.3) is 0 Å². The van der Waals surface area contributed by atoms with E-state index in [2.05, 4.69) is 15.9 Å². The smallest absolute Gasteiger partial charge is 0.373 e. The summed E-state index contributed by atoms with van der Waals surface area (Å²) in [5.74, 6) is 0. The molecule has 0 aliphatic heterocycles. The number of benzene rings is 1. The molecule has 0 heterocycles. The van der Waals surface area contributed by atoms with Gasteiger partial charge in [0.05, 0.1) is 11.3 Å². The first kappa shape index (κ1) is 16.3. The molecule has 0 fully saturated rings. The van der Waals surface area contributed by atoms with Gasteiger partial charge in [-0.2, -0.15) is 13.2 Å². The lowest BCUT2D eigenvalue weighted by Crippen LogP contribution is -2.36. The second kappa shape index (κ2) is 5.71. The van der Waals surface area contributed by atoms with Gasteiger partial charge in [-0.1, -0.05) is 13.8 Å². The van der Waals surface area contributed by atoms with Gasteiger partial charge >= 0.3 is 6.18 Å². The standard InChI is InChI=1S/C13H18BrF3N2/c1-12(2,7-18)8-19(3)11-5-4-9(6-10(11)14)13(15,16)17/h4-6H,7-8,18H2,1-3H3. The molecule has 2 nitrogen and oxygen atoms in total. The van der Waals surface area contributed by atoms with Crippen LogP contribution in [0.15, 0.2) is 22.7 Å². The molecular weight excluding hydrogens is 321 g/mol. The Hall–Kier alpha value is -0.750. The molecule has 1 rings (SSSR count). The molecule has 2 N–H and O–H groups in total. The molecule has 19 heavy (non-hydrogen) atoms. The van der Waals surface area contributed by atoms with Crippen molar-refractivity contribution in [2.24, 2.45) is 11.1 Å². The maximum Gasteiger partial charge on any atom is 0.416 e. The molecule has 0 bridgehead atoms. The van der Waals surface area contributed by atoms with Gasteiger partial charge in [-0.05, 0) is 46.1 Å². The fourth-order valence-electron chi connectivity index (χ4n) is 1.78. The summed E-state index contributed by atoms with van der Waals surface area (Å²) in [6.45, 7) is 5.20. The summed E-state index contributed by atoms with van der Waals surface area (Å²) in [6.07, 6.45) is -4.32. The lowest BCUT2D eigenvalue weighted by atomic mass is 9.93. The fourth-order valence-corrected chi connectivity index (χ4v) is 2.47. The monoisotopic (exact) mass is 338 g/mol. The van der Waals surface area contributed by atoms with Gasteiger partial charge in [0, 0.05) is 18.1 Å². The highest BCUT2D eigenvalue weighted by Crippen LogP contribution is 2.35. The minimum absolute atomic E-state index is 0.100. The Labute approximate surface area is 119 Å². The Morgan fingerprint density at radius 1 is 1.26 bits per heavy atom. The van der Waals surface area contributed by atoms with Crippen molar-refractivity contribution in [2.45, 2.75) is 20.0 Å². The van der Waals surface area contributed by atoms with Crippen LogP contribution in [0.3, 0.4) is 0 Å². The quantitative estimate of drug-likeness (QED) is 0.902. The van der Waals surface area contributed by atoms with E-state index in [0.29, 0.717) is 17.6 Å². The summed E-state index contributed by atoms with van der Waals surface area (Å²) in [5, 5.41) is 0. The molecule has 0 saturated carbocycles. The minimum Gasteiger partial charge on any atom is -0.373 e. The van der Waals surface area contributed by atoms with Crippen LogP contribution in [0.2, 0.25) is 0 Å². The molecule has 0 aliphatic carbocycles. The topological polar surface area (TPSA) is 29.3 Å². The van der Waals surface area contributed by atoms with Gasteiger partial charge in [0.15, 0.2) is 0 Å². The van der Waals surface area contributed by atoms with E-state index in [1.165, 1.54) is 6.07 Å². The third kappa shape index (κ3) is 4.38. The highest BCUT2D eigenvalue weighted by molar-refractivity contribution is 9.10. The Balaban J connectivity index is 2.97. The first-order valence-corrected chi connectivity index (χ1v) is 6.64. The predicted octanol–water partition coefficient (Wildman–Crippen LogP) is 3.89. The van der Waals surface area contributed by atoms with Crippen LogP contribution >= 0.6 is 15.9 Å². The summed E-state index contributed by atoms with van der Waals surface area (Å²) in [7, 11) is 1.84. The van der Waals surface area contributed by atoms with Crippen molar-refractivity contribution >= 4 is 21.6 Å². The number of nitrogens with two attached hydrogens (primary N) is 1. The molecule has 0 spiro atoms. The largest absolute Gasteiger partial charge is 0.416 e. The maximum absolute atomic E-state index is 12.6. The number of hydrogen-bond acceptors (Lipinski definition) is 2. The van der Waals surface area contributed by atoms with E-state index >= 15 is 0 Å². The number of alkyl halides is 3. The molecule has 0 atom stereocenters. The zero-order valence-corrected chi connectivity index (χ0v) is 12.8. The van der Waals surface area contributed by atoms with Crippen LogP contribution in [0.1, 0.15) is 19.4 Å². The van der Waals surface area contributed by atoms with Crippen molar-refractivity contribution in [3.8, 4) is 0 Å². The van der Waals surface area contributed by atoms with Gasteiger partial charge < -0.3 is 10.6 Å².